The number of nitrogens with zero attached hydrogens (tertiary/aromatic N) is 4. The van der Waals surface area contributed by atoms with E-state index in [-0.39, 0.29) is 0 Å². The number of hydrogen-bond donors (Lipinski definition) is 1. The summed E-state index contributed by atoms with van der Waals surface area (Å²) >= 11 is 0. The van der Waals surface area contributed by atoms with Gasteiger partial charge in [-0.1, -0.05) is 0 Å². The Balaban J connectivity index is 2.10. The van der Waals surface area contributed by atoms with Crippen LogP contribution in [0.15, 0.2) is 31.0 Å². The number of nitrogens with one attached hydrogen (secondary N) is 1. The number of hydrogen-bond acceptors (Lipinski definition) is 6. The number of carbonyl (C=O) groups is 1. The van der Waals surface area contributed by atoms with Crippen molar-refractivity contribution in [3.8, 4) is 5.82 Å². The van der Waals surface area contributed by atoms with Crippen molar-refractivity contribution in [2.75, 3.05) is 11.6 Å². The summed E-state index contributed by atoms with van der Waals surface area (Å²) in [6, 6.07) is 3.24. The molecule has 2 heterocycles. The maximum Gasteiger partial charge on any atom is 0.242 e. The van der Waals surface area contributed by atoms with Crippen molar-refractivity contribution in [3.63, 3.8) is 0 Å². The van der Waals surface area contributed by atoms with E-state index in [2.05, 4.69) is 20.4 Å². The van der Waals surface area contributed by atoms with Crippen LogP contribution in [0.3, 0.4) is 0 Å². The van der Waals surface area contributed by atoms with Gasteiger partial charge in [-0.05, 0) is 19.1 Å². The molecule has 0 aliphatic rings. The summed E-state index contributed by atoms with van der Waals surface area (Å²) in [5.74, 6) is -0.0560. The Bertz CT molecular complexity index is 694. The van der Waals surface area contributed by atoms with Crippen molar-refractivity contribution < 1.29 is 13.2 Å². The lowest BCUT2D eigenvalue weighted by molar-refractivity contribution is -0.115. The Hall–Kier alpha value is -2.29. The molecule has 9 heteroatoms. The number of anilines is 1. The van der Waals surface area contributed by atoms with Crippen molar-refractivity contribution >= 4 is 21.4 Å². The molecule has 8 nitrogen and oxygen atoms in total. The Labute approximate surface area is 115 Å². The fourth-order valence-electron chi connectivity index (χ4n) is 1.36. The Morgan fingerprint density at radius 3 is 2.65 bits per heavy atom. The molecule has 0 bridgehead atoms. The molecule has 1 amide bonds. The first-order valence-electron chi connectivity index (χ1n) is 5.69. The lowest BCUT2D eigenvalue weighted by Crippen LogP contribution is -2.31. The smallest absolute Gasteiger partial charge is 0.242 e. The molecule has 1 atom stereocenters. The van der Waals surface area contributed by atoms with Gasteiger partial charge in [0.25, 0.3) is 0 Å². The van der Waals surface area contributed by atoms with Gasteiger partial charge in [-0.15, -0.1) is 0 Å². The SMILES string of the molecule is C[C@H](C(=O)Nc1ccc(-n2cncn2)nc1)S(C)(=O)=O. The molecular formula is C11H13N5O3S. The van der Waals surface area contributed by atoms with Gasteiger partial charge in [-0.3, -0.25) is 4.79 Å². The third kappa shape index (κ3) is 3.18. The molecule has 0 aliphatic heterocycles. The van der Waals surface area contributed by atoms with Crippen molar-refractivity contribution in [2.24, 2.45) is 0 Å². The third-order valence-electron chi connectivity index (χ3n) is 2.68. The zero-order chi connectivity index (χ0) is 14.8. The first-order valence-corrected chi connectivity index (χ1v) is 7.64. The quantitative estimate of drug-likeness (QED) is 0.853. The first kappa shape index (κ1) is 14.1. The van der Waals surface area contributed by atoms with Gasteiger partial charge in [0.2, 0.25) is 5.91 Å². The van der Waals surface area contributed by atoms with Gasteiger partial charge in [-0.25, -0.2) is 23.1 Å². The van der Waals surface area contributed by atoms with Crippen molar-refractivity contribution in [2.45, 2.75) is 12.2 Å². The van der Waals surface area contributed by atoms with Crippen LogP contribution >= 0.6 is 0 Å². The topological polar surface area (TPSA) is 107 Å². The number of amides is 1. The van der Waals surface area contributed by atoms with Crippen LogP contribution in [0.4, 0.5) is 5.69 Å². The van der Waals surface area contributed by atoms with Gasteiger partial charge >= 0.3 is 0 Å². The van der Waals surface area contributed by atoms with Gasteiger partial charge in [-0.2, -0.15) is 5.10 Å². The first-order chi connectivity index (χ1) is 9.38. The second kappa shape index (κ2) is 5.37. The highest BCUT2D eigenvalue weighted by atomic mass is 32.2. The summed E-state index contributed by atoms with van der Waals surface area (Å²) in [6.45, 7) is 1.34. The summed E-state index contributed by atoms with van der Waals surface area (Å²) in [4.78, 5) is 19.6. The maximum atomic E-state index is 11.7. The number of carbonyl (C=O) groups excluding carboxylic acids is 1. The van der Waals surface area contributed by atoms with Gasteiger partial charge in [0.15, 0.2) is 15.7 Å². The Morgan fingerprint density at radius 1 is 1.40 bits per heavy atom. The lowest BCUT2D eigenvalue weighted by atomic mass is 10.3. The highest BCUT2D eigenvalue weighted by Gasteiger charge is 2.23. The van der Waals surface area contributed by atoms with Crippen molar-refractivity contribution in [1.29, 1.82) is 0 Å². The number of aromatic nitrogens is 4. The van der Waals surface area contributed by atoms with Crippen LogP contribution in [0, 0.1) is 0 Å². The van der Waals surface area contributed by atoms with Gasteiger partial charge in [0, 0.05) is 6.26 Å². The zero-order valence-electron chi connectivity index (χ0n) is 10.9. The fourth-order valence-corrected chi connectivity index (χ4v) is 1.81. The molecule has 0 spiro atoms. The minimum atomic E-state index is -3.42. The number of pyridine rings is 1. The number of sulfone groups is 1. The number of rotatable bonds is 4. The molecule has 1 N–H and O–H groups in total. The summed E-state index contributed by atoms with van der Waals surface area (Å²) in [6.07, 6.45) is 5.31. The standard InChI is InChI=1S/C11H13N5O3S/c1-8(20(2,18)19)11(17)15-9-3-4-10(13-5-9)16-7-12-6-14-16/h3-8H,1-2H3,(H,15,17)/t8-/m1/s1. The molecular weight excluding hydrogens is 282 g/mol. The normalized spacial score (nSPS) is 12.9. The van der Waals surface area contributed by atoms with E-state index in [1.807, 2.05) is 0 Å². The van der Waals surface area contributed by atoms with E-state index in [1.165, 1.54) is 30.5 Å². The van der Waals surface area contributed by atoms with Gasteiger partial charge in [0.05, 0.1) is 11.9 Å². The van der Waals surface area contributed by atoms with E-state index in [0.29, 0.717) is 11.5 Å². The van der Waals surface area contributed by atoms with Gasteiger partial charge < -0.3 is 5.32 Å². The van der Waals surface area contributed by atoms with E-state index >= 15 is 0 Å². The molecule has 2 rings (SSSR count). The molecule has 0 aliphatic carbocycles. The average Bonchev–Trinajstić information content (AvgIpc) is 2.91. The molecule has 0 saturated carbocycles. The molecule has 0 saturated heterocycles. The summed E-state index contributed by atoms with van der Waals surface area (Å²) in [5, 5.41) is 5.30. The maximum absolute atomic E-state index is 11.7. The van der Waals surface area contributed by atoms with E-state index in [0.717, 1.165) is 6.26 Å². The second-order valence-electron chi connectivity index (χ2n) is 4.21. The summed E-state index contributed by atoms with van der Waals surface area (Å²) < 4.78 is 24.0. The monoisotopic (exact) mass is 295 g/mol. The van der Waals surface area contributed by atoms with Gasteiger partial charge in [0.1, 0.15) is 17.9 Å². The van der Waals surface area contributed by atoms with E-state index < -0.39 is 21.0 Å². The second-order valence-corrected chi connectivity index (χ2v) is 6.57. The predicted octanol–water partition coefficient (Wildman–Crippen LogP) is 0.0339. The van der Waals surface area contributed by atoms with Crippen molar-refractivity contribution in [1.82, 2.24) is 19.7 Å². The minimum absolute atomic E-state index is 0.411. The van der Waals surface area contributed by atoms with Crippen LogP contribution in [-0.2, 0) is 14.6 Å². The van der Waals surface area contributed by atoms with Crippen LogP contribution in [0.1, 0.15) is 6.92 Å². The largest absolute Gasteiger partial charge is 0.324 e. The molecule has 2 aromatic heterocycles. The van der Waals surface area contributed by atoms with Crippen molar-refractivity contribution in [3.05, 3.63) is 31.0 Å². The Morgan fingerprint density at radius 2 is 2.15 bits per heavy atom. The highest BCUT2D eigenvalue weighted by Crippen LogP contribution is 2.10. The van der Waals surface area contributed by atoms with E-state index in [1.54, 1.807) is 12.1 Å². The molecule has 20 heavy (non-hydrogen) atoms. The third-order valence-corrected chi connectivity index (χ3v) is 4.18. The zero-order valence-corrected chi connectivity index (χ0v) is 11.7. The minimum Gasteiger partial charge on any atom is -0.324 e. The highest BCUT2D eigenvalue weighted by molar-refractivity contribution is 7.92. The van der Waals surface area contributed by atoms with Crippen LogP contribution < -0.4 is 5.32 Å². The molecule has 2 aromatic rings. The average molecular weight is 295 g/mol. The fraction of sp³-hybridized carbons (Fsp3) is 0.273. The Kier molecular flexibility index (Phi) is 3.79. The lowest BCUT2D eigenvalue weighted by Gasteiger charge is -2.10. The predicted molar refractivity (Wildman–Crippen MR) is 72.1 cm³/mol. The van der Waals surface area contributed by atoms with Crippen LogP contribution in [0.5, 0.6) is 0 Å². The summed E-state index contributed by atoms with van der Waals surface area (Å²) in [5.41, 5.74) is 0.411. The van der Waals surface area contributed by atoms with Crippen LogP contribution in [0.25, 0.3) is 5.82 Å². The molecule has 0 fully saturated rings. The van der Waals surface area contributed by atoms with Crippen LogP contribution in [-0.4, -0.2) is 45.6 Å². The summed E-state index contributed by atoms with van der Waals surface area (Å²) in [7, 11) is -3.42. The molecule has 0 unspecified atom stereocenters. The van der Waals surface area contributed by atoms with E-state index in [9.17, 15) is 13.2 Å². The molecule has 0 radical (unpaired) electrons. The van der Waals surface area contributed by atoms with E-state index in [4.69, 9.17) is 0 Å². The van der Waals surface area contributed by atoms with Crippen LogP contribution in [0.2, 0.25) is 0 Å². The molecule has 0 aromatic carbocycles. The molecule has 106 valence electrons.